The van der Waals surface area contributed by atoms with E-state index in [1.54, 1.807) is 11.3 Å². The largest absolute Gasteiger partial charge is 0.469 e. The number of nitrogens with zero attached hydrogens (tertiary/aromatic N) is 1. The molecule has 3 nitrogen and oxygen atoms in total. The number of carbonyl (C=O) groups excluding carboxylic acids is 1. The van der Waals surface area contributed by atoms with Crippen molar-refractivity contribution in [2.24, 2.45) is 5.92 Å². The van der Waals surface area contributed by atoms with Gasteiger partial charge in [-0.1, -0.05) is 0 Å². The molecule has 16 heavy (non-hydrogen) atoms. The van der Waals surface area contributed by atoms with Crippen LogP contribution in [0.25, 0.3) is 0 Å². The number of carbonyl (C=O) groups is 1. The lowest BCUT2D eigenvalue weighted by Gasteiger charge is -2.30. The van der Waals surface area contributed by atoms with Gasteiger partial charge in [0.05, 0.1) is 13.0 Å². The third-order valence-electron chi connectivity index (χ3n) is 3.03. The average molecular weight is 239 g/mol. The highest BCUT2D eigenvalue weighted by Crippen LogP contribution is 2.20. The number of thiophene rings is 1. The van der Waals surface area contributed by atoms with Crippen molar-refractivity contribution >= 4 is 17.3 Å². The molecule has 1 saturated heterocycles. The predicted molar refractivity (Wildman–Crippen MR) is 64.3 cm³/mol. The molecule has 0 aliphatic carbocycles. The molecule has 0 spiro atoms. The van der Waals surface area contributed by atoms with Crippen LogP contribution in [0.5, 0.6) is 0 Å². The fraction of sp³-hybridized carbons (Fsp3) is 0.583. The van der Waals surface area contributed by atoms with Crippen LogP contribution in [0.1, 0.15) is 18.4 Å². The van der Waals surface area contributed by atoms with Crippen LogP contribution in [0.3, 0.4) is 0 Å². The Bertz CT molecular complexity index is 337. The summed E-state index contributed by atoms with van der Waals surface area (Å²) in [5.41, 5.74) is 1.34. The summed E-state index contributed by atoms with van der Waals surface area (Å²) in [4.78, 5) is 13.8. The van der Waals surface area contributed by atoms with Gasteiger partial charge < -0.3 is 4.74 Å². The lowest BCUT2D eigenvalue weighted by molar-refractivity contribution is -0.147. The van der Waals surface area contributed by atoms with Crippen molar-refractivity contribution in [3.05, 3.63) is 22.4 Å². The molecule has 0 radical (unpaired) electrons. The van der Waals surface area contributed by atoms with Crippen molar-refractivity contribution < 1.29 is 9.53 Å². The number of hydrogen-bond donors (Lipinski definition) is 0. The molecule has 0 amide bonds. The second kappa shape index (κ2) is 5.46. The SMILES string of the molecule is COC(=O)C1CCCN(Cc2ccsc2)C1. The third-order valence-corrected chi connectivity index (χ3v) is 3.76. The Morgan fingerprint density at radius 1 is 1.69 bits per heavy atom. The van der Waals surface area contributed by atoms with Gasteiger partial charge in [-0.3, -0.25) is 9.69 Å². The number of piperidine rings is 1. The van der Waals surface area contributed by atoms with Crippen LogP contribution in [0.15, 0.2) is 16.8 Å². The van der Waals surface area contributed by atoms with Gasteiger partial charge in [0.1, 0.15) is 0 Å². The highest BCUT2D eigenvalue weighted by atomic mass is 32.1. The zero-order valence-electron chi connectivity index (χ0n) is 9.52. The third kappa shape index (κ3) is 2.83. The molecular formula is C12H17NO2S. The van der Waals surface area contributed by atoms with Crippen LogP contribution in [-0.2, 0) is 16.1 Å². The minimum atomic E-state index is -0.0602. The number of rotatable bonds is 3. The smallest absolute Gasteiger partial charge is 0.309 e. The van der Waals surface area contributed by atoms with Gasteiger partial charge >= 0.3 is 5.97 Å². The van der Waals surface area contributed by atoms with Gasteiger partial charge in [0.15, 0.2) is 0 Å². The Kier molecular flexibility index (Phi) is 3.96. The van der Waals surface area contributed by atoms with E-state index >= 15 is 0 Å². The standard InChI is InChI=1S/C12H17NO2S/c1-15-12(14)11-3-2-5-13(8-11)7-10-4-6-16-9-10/h4,6,9,11H,2-3,5,7-8H2,1H3. The first-order chi connectivity index (χ1) is 7.79. The van der Waals surface area contributed by atoms with Crippen LogP contribution in [0.4, 0.5) is 0 Å². The van der Waals surface area contributed by atoms with E-state index in [2.05, 4.69) is 21.7 Å². The number of ether oxygens (including phenoxy) is 1. The molecule has 4 heteroatoms. The molecule has 0 aromatic carbocycles. The van der Waals surface area contributed by atoms with E-state index in [9.17, 15) is 4.79 Å². The van der Waals surface area contributed by atoms with E-state index in [0.717, 1.165) is 32.5 Å². The first kappa shape index (κ1) is 11.6. The summed E-state index contributed by atoms with van der Waals surface area (Å²) in [6, 6.07) is 2.15. The van der Waals surface area contributed by atoms with Crippen LogP contribution in [0, 0.1) is 5.92 Å². The molecule has 1 aromatic heterocycles. The summed E-state index contributed by atoms with van der Waals surface area (Å²) in [5.74, 6) is 0.00686. The Labute approximate surface area is 100 Å². The van der Waals surface area contributed by atoms with Gasteiger partial charge in [-0.2, -0.15) is 11.3 Å². The molecule has 2 heterocycles. The van der Waals surface area contributed by atoms with Crippen LogP contribution in [0.2, 0.25) is 0 Å². The Morgan fingerprint density at radius 3 is 3.25 bits per heavy atom. The van der Waals surface area contributed by atoms with E-state index in [-0.39, 0.29) is 11.9 Å². The summed E-state index contributed by atoms with van der Waals surface area (Å²) in [7, 11) is 1.47. The van der Waals surface area contributed by atoms with Gasteiger partial charge in [-0.25, -0.2) is 0 Å². The van der Waals surface area contributed by atoms with E-state index < -0.39 is 0 Å². The summed E-state index contributed by atoms with van der Waals surface area (Å²) < 4.78 is 4.81. The molecule has 1 aliphatic heterocycles. The van der Waals surface area contributed by atoms with E-state index in [0.29, 0.717) is 0 Å². The lowest BCUT2D eigenvalue weighted by Crippen LogP contribution is -2.38. The maximum Gasteiger partial charge on any atom is 0.309 e. The predicted octanol–water partition coefficient (Wildman–Crippen LogP) is 2.13. The molecule has 0 bridgehead atoms. The summed E-state index contributed by atoms with van der Waals surface area (Å²) in [5, 5.41) is 4.26. The highest BCUT2D eigenvalue weighted by molar-refractivity contribution is 7.07. The van der Waals surface area contributed by atoms with Crippen molar-refractivity contribution in [3.8, 4) is 0 Å². The fourth-order valence-electron chi connectivity index (χ4n) is 2.20. The summed E-state index contributed by atoms with van der Waals surface area (Å²) in [6.07, 6.45) is 2.05. The molecule has 1 fully saturated rings. The zero-order valence-corrected chi connectivity index (χ0v) is 10.3. The molecule has 2 rings (SSSR count). The minimum absolute atomic E-state index is 0.0602. The first-order valence-electron chi connectivity index (χ1n) is 5.61. The van der Waals surface area contributed by atoms with E-state index in [1.807, 2.05) is 0 Å². The molecule has 1 aromatic rings. The fourth-order valence-corrected chi connectivity index (χ4v) is 2.86. The molecule has 1 atom stereocenters. The monoisotopic (exact) mass is 239 g/mol. The van der Waals surface area contributed by atoms with Gasteiger partial charge in [-0.05, 0) is 41.8 Å². The summed E-state index contributed by atoms with van der Waals surface area (Å²) in [6.45, 7) is 2.88. The Balaban J connectivity index is 1.89. The van der Waals surface area contributed by atoms with Crippen molar-refractivity contribution in [1.82, 2.24) is 4.90 Å². The molecule has 0 N–H and O–H groups in total. The van der Waals surface area contributed by atoms with Gasteiger partial charge in [0, 0.05) is 13.1 Å². The maximum absolute atomic E-state index is 11.5. The Hall–Kier alpha value is -0.870. The van der Waals surface area contributed by atoms with Crippen LogP contribution >= 0.6 is 11.3 Å². The lowest BCUT2D eigenvalue weighted by atomic mass is 9.98. The zero-order chi connectivity index (χ0) is 11.4. The average Bonchev–Trinajstić information content (AvgIpc) is 2.81. The topological polar surface area (TPSA) is 29.5 Å². The molecule has 1 unspecified atom stereocenters. The second-order valence-electron chi connectivity index (χ2n) is 4.23. The van der Waals surface area contributed by atoms with E-state index in [1.165, 1.54) is 12.7 Å². The maximum atomic E-state index is 11.5. The minimum Gasteiger partial charge on any atom is -0.469 e. The van der Waals surface area contributed by atoms with Crippen LogP contribution < -0.4 is 0 Å². The van der Waals surface area contributed by atoms with Crippen molar-refractivity contribution in [1.29, 1.82) is 0 Å². The number of esters is 1. The quantitative estimate of drug-likeness (QED) is 0.757. The van der Waals surface area contributed by atoms with Gasteiger partial charge in [-0.15, -0.1) is 0 Å². The van der Waals surface area contributed by atoms with Crippen molar-refractivity contribution in [3.63, 3.8) is 0 Å². The first-order valence-corrected chi connectivity index (χ1v) is 6.55. The summed E-state index contributed by atoms with van der Waals surface area (Å²) >= 11 is 1.72. The van der Waals surface area contributed by atoms with Gasteiger partial charge in [0.2, 0.25) is 0 Å². The number of methoxy groups -OCH3 is 1. The molecule has 1 aliphatic rings. The van der Waals surface area contributed by atoms with E-state index in [4.69, 9.17) is 4.74 Å². The second-order valence-corrected chi connectivity index (χ2v) is 5.01. The molecule has 88 valence electrons. The molecule has 0 saturated carbocycles. The van der Waals surface area contributed by atoms with Crippen molar-refractivity contribution in [2.45, 2.75) is 19.4 Å². The van der Waals surface area contributed by atoms with Crippen LogP contribution in [-0.4, -0.2) is 31.1 Å². The Morgan fingerprint density at radius 2 is 2.56 bits per heavy atom. The van der Waals surface area contributed by atoms with Crippen molar-refractivity contribution in [2.75, 3.05) is 20.2 Å². The number of hydrogen-bond acceptors (Lipinski definition) is 4. The highest BCUT2D eigenvalue weighted by Gasteiger charge is 2.26. The number of likely N-dealkylation sites (tertiary alicyclic amines) is 1. The van der Waals surface area contributed by atoms with Gasteiger partial charge in [0.25, 0.3) is 0 Å². The normalized spacial score (nSPS) is 21.9. The molecular weight excluding hydrogens is 222 g/mol.